The van der Waals surface area contributed by atoms with E-state index in [1.54, 1.807) is 0 Å². The van der Waals surface area contributed by atoms with Crippen LogP contribution in [-0.2, 0) is 10.2 Å². The zero-order chi connectivity index (χ0) is 10.2. The minimum Gasteiger partial charge on any atom is -0.303 e. The summed E-state index contributed by atoms with van der Waals surface area (Å²) in [7, 11) is 0. The van der Waals surface area contributed by atoms with Gasteiger partial charge >= 0.3 is 0 Å². The fourth-order valence-corrected chi connectivity index (χ4v) is 2.30. The van der Waals surface area contributed by atoms with Crippen LogP contribution < -0.4 is 0 Å². The van der Waals surface area contributed by atoms with Crippen molar-refractivity contribution in [1.82, 2.24) is 0 Å². The van der Waals surface area contributed by atoms with Gasteiger partial charge in [0.2, 0.25) is 0 Å². The Balaban J connectivity index is 2.56. The fraction of sp³-hybridized carbons (Fsp3) is 0.308. The van der Waals surface area contributed by atoms with E-state index in [1.165, 1.54) is 16.7 Å². The Kier molecular flexibility index (Phi) is 2.03. The SMILES string of the molecule is CC1=CC(C)(CC=O)c2ccccc21. The number of carbonyl (C=O) groups excluding carboxylic acids is 1. The smallest absolute Gasteiger partial charge is 0.121 e. The summed E-state index contributed by atoms with van der Waals surface area (Å²) < 4.78 is 0. The molecule has 72 valence electrons. The Hall–Kier alpha value is -1.37. The van der Waals surface area contributed by atoms with Gasteiger partial charge in [-0.2, -0.15) is 0 Å². The lowest BCUT2D eigenvalue weighted by molar-refractivity contribution is -0.108. The Bertz CT molecular complexity index is 403. The number of rotatable bonds is 2. The van der Waals surface area contributed by atoms with E-state index in [4.69, 9.17) is 0 Å². The average molecular weight is 186 g/mol. The first-order chi connectivity index (χ1) is 6.67. The molecule has 1 aromatic carbocycles. The summed E-state index contributed by atoms with van der Waals surface area (Å²) in [4.78, 5) is 10.7. The highest BCUT2D eigenvalue weighted by atomic mass is 16.1. The second-order valence-electron chi connectivity index (χ2n) is 4.16. The Labute approximate surface area is 84.5 Å². The maximum absolute atomic E-state index is 10.7. The summed E-state index contributed by atoms with van der Waals surface area (Å²) in [6, 6.07) is 8.32. The van der Waals surface area contributed by atoms with Crippen LogP contribution in [0.1, 0.15) is 31.4 Å². The minimum absolute atomic E-state index is 0.0809. The van der Waals surface area contributed by atoms with Gasteiger partial charge in [0.15, 0.2) is 0 Å². The zero-order valence-electron chi connectivity index (χ0n) is 8.58. The first-order valence-corrected chi connectivity index (χ1v) is 4.90. The predicted octanol–water partition coefficient (Wildman–Crippen LogP) is 2.95. The molecule has 1 aromatic rings. The molecule has 0 saturated heterocycles. The monoisotopic (exact) mass is 186 g/mol. The average Bonchev–Trinajstić information content (AvgIpc) is 2.41. The predicted molar refractivity (Wildman–Crippen MR) is 58.1 cm³/mol. The van der Waals surface area contributed by atoms with Crippen LogP contribution in [0.2, 0.25) is 0 Å². The highest BCUT2D eigenvalue weighted by Gasteiger charge is 2.31. The van der Waals surface area contributed by atoms with Gasteiger partial charge in [0, 0.05) is 11.8 Å². The van der Waals surface area contributed by atoms with Gasteiger partial charge in [-0.3, -0.25) is 0 Å². The molecule has 0 fully saturated rings. The van der Waals surface area contributed by atoms with Gasteiger partial charge in [0.1, 0.15) is 6.29 Å². The number of benzene rings is 1. The van der Waals surface area contributed by atoms with Crippen molar-refractivity contribution >= 4 is 11.9 Å². The van der Waals surface area contributed by atoms with Crippen LogP contribution in [0.3, 0.4) is 0 Å². The Morgan fingerprint density at radius 3 is 2.79 bits per heavy atom. The van der Waals surface area contributed by atoms with Crippen molar-refractivity contribution in [3.05, 3.63) is 41.5 Å². The van der Waals surface area contributed by atoms with Crippen LogP contribution >= 0.6 is 0 Å². The van der Waals surface area contributed by atoms with E-state index < -0.39 is 0 Å². The molecule has 0 bridgehead atoms. The second kappa shape index (κ2) is 3.09. The first kappa shape index (κ1) is 9.20. The van der Waals surface area contributed by atoms with E-state index in [0.29, 0.717) is 6.42 Å². The van der Waals surface area contributed by atoms with Gasteiger partial charge in [0.05, 0.1) is 0 Å². The molecule has 1 aliphatic carbocycles. The summed E-state index contributed by atoms with van der Waals surface area (Å²) >= 11 is 0. The first-order valence-electron chi connectivity index (χ1n) is 4.90. The number of aldehydes is 1. The zero-order valence-corrected chi connectivity index (χ0v) is 8.58. The van der Waals surface area contributed by atoms with E-state index in [9.17, 15) is 4.79 Å². The highest BCUT2D eigenvalue weighted by molar-refractivity contribution is 5.76. The van der Waals surface area contributed by atoms with E-state index in [0.717, 1.165) is 6.29 Å². The lowest BCUT2D eigenvalue weighted by atomic mass is 9.82. The van der Waals surface area contributed by atoms with Gasteiger partial charge in [0.25, 0.3) is 0 Å². The van der Waals surface area contributed by atoms with E-state index >= 15 is 0 Å². The topological polar surface area (TPSA) is 17.1 Å². The quantitative estimate of drug-likeness (QED) is 0.649. The molecule has 0 amide bonds. The Morgan fingerprint density at radius 2 is 2.07 bits per heavy atom. The summed E-state index contributed by atoms with van der Waals surface area (Å²) in [5.74, 6) is 0. The van der Waals surface area contributed by atoms with Crippen molar-refractivity contribution in [3.63, 3.8) is 0 Å². The molecule has 1 aliphatic rings. The minimum atomic E-state index is -0.0809. The lowest BCUT2D eigenvalue weighted by Gasteiger charge is -2.20. The fourth-order valence-electron chi connectivity index (χ4n) is 2.30. The normalized spacial score (nSPS) is 24.3. The van der Waals surface area contributed by atoms with Crippen molar-refractivity contribution in [2.75, 3.05) is 0 Å². The van der Waals surface area contributed by atoms with Crippen LogP contribution in [-0.4, -0.2) is 6.29 Å². The molecule has 1 nitrogen and oxygen atoms in total. The summed E-state index contributed by atoms with van der Waals surface area (Å²) in [5, 5.41) is 0. The molecule has 1 unspecified atom stereocenters. The van der Waals surface area contributed by atoms with E-state index in [1.807, 2.05) is 12.1 Å². The Morgan fingerprint density at radius 1 is 1.36 bits per heavy atom. The maximum Gasteiger partial charge on any atom is 0.121 e. The molecule has 0 aliphatic heterocycles. The molecule has 0 N–H and O–H groups in total. The number of allylic oxidation sites excluding steroid dienone is 2. The van der Waals surface area contributed by atoms with Crippen LogP contribution in [0.25, 0.3) is 5.57 Å². The van der Waals surface area contributed by atoms with Crippen molar-refractivity contribution in [1.29, 1.82) is 0 Å². The number of hydrogen-bond donors (Lipinski definition) is 0. The van der Waals surface area contributed by atoms with Gasteiger partial charge in [-0.15, -0.1) is 0 Å². The third-order valence-electron chi connectivity index (χ3n) is 3.01. The molecule has 0 radical (unpaired) electrons. The van der Waals surface area contributed by atoms with Gasteiger partial charge in [-0.1, -0.05) is 37.3 Å². The summed E-state index contributed by atoms with van der Waals surface area (Å²) in [6.07, 6.45) is 3.78. The summed E-state index contributed by atoms with van der Waals surface area (Å²) in [5.41, 5.74) is 3.77. The van der Waals surface area contributed by atoms with Crippen LogP contribution in [0.4, 0.5) is 0 Å². The van der Waals surface area contributed by atoms with Crippen LogP contribution in [0.15, 0.2) is 30.3 Å². The van der Waals surface area contributed by atoms with Crippen molar-refractivity contribution < 1.29 is 4.79 Å². The van der Waals surface area contributed by atoms with Crippen molar-refractivity contribution in [3.8, 4) is 0 Å². The van der Waals surface area contributed by atoms with Gasteiger partial charge in [-0.25, -0.2) is 0 Å². The van der Waals surface area contributed by atoms with E-state index in [2.05, 4.69) is 32.1 Å². The molecule has 1 atom stereocenters. The number of fused-ring (bicyclic) bond motifs is 1. The highest BCUT2D eigenvalue weighted by Crippen LogP contribution is 2.41. The lowest BCUT2D eigenvalue weighted by Crippen LogP contribution is -2.17. The van der Waals surface area contributed by atoms with Crippen LogP contribution in [0.5, 0.6) is 0 Å². The molecular weight excluding hydrogens is 172 g/mol. The molecule has 0 heterocycles. The molecule has 14 heavy (non-hydrogen) atoms. The van der Waals surface area contributed by atoms with E-state index in [-0.39, 0.29) is 5.41 Å². The van der Waals surface area contributed by atoms with Crippen LogP contribution in [0, 0.1) is 0 Å². The molecule has 0 saturated carbocycles. The third kappa shape index (κ3) is 1.20. The maximum atomic E-state index is 10.7. The van der Waals surface area contributed by atoms with Crippen molar-refractivity contribution in [2.45, 2.75) is 25.7 Å². The molecule has 2 rings (SSSR count). The van der Waals surface area contributed by atoms with Gasteiger partial charge in [-0.05, 0) is 23.6 Å². The molecule has 1 heteroatoms. The largest absolute Gasteiger partial charge is 0.303 e. The summed E-state index contributed by atoms with van der Waals surface area (Å²) in [6.45, 7) is 4.23. The second-order valence-corrected chi connectivity index (χ2v) is 4.16. The number of carbonyl (C=O) groups is 1. The third-order valence-corrected chi connectivity index (χ3v) is 3.01. The molecule has 0 spiro atoms. The van der Waals surface area contributed by atoms with Crippen molar-refractivity contribution in [2.24, 2.45) is 0 Å². The molecular formula is C13H14O. The van der Waals surface area contributed by atoms with Gasteiger partial charge < -0.3 is 4.79 Å². The molecule has 0 aromatic heterocycles. The standard InChI is InChI=1S/C13H14O/c1-10-9-13(2,7-8-14)12-6-4-3-5-11(10)12/h3-6,8-9H,7H2,1-2H3. The number of hydrogen-bond acceptors (Lipinski definition) is 1.